The van der Waals surface area contributed by atoms with Crippen LogP contribution in [-0.2, 0) is 9.59 Å². The van der Waals surface area contributed by atoms with Crippen molar-refractivity contribution in [3.63, 3.8) is 0 Å². The Morgan fingerprint density at radius 3 is 2.50 bits per heavy atom. The molecule has 1 saturated heterocycles. The Kier molecular flexibility index (Phi) is 3.05. The number of nitrogens with one attached hydrogen (secondary N) is 1. The van der Waals surface area contributed by atoms with E-state index < -0.39 is 52.4 Å². The normalized spacial score (nSPS) is 21.2. The van der Waals surface area contributed by atoms with Gasteiger partial charge in [-0.2, -0.15) is 0 Å². The zero-order valence-corrected chi connectivity index (χ0v) is 11.4. The summed E-state index contributed by atoms with van der Waals surface area (Å²) < 4.78 is 27.7. The van der Waals surface area contributed by atoms with Gasteiger partial charge in [0.2, 0.25) is 11.8 Å². The van der Waals surface area contributed by atoms with Gasteiger partial charge in [0.1, 0.15) is 17.7 Å². The number of amides is 4. The molecule has 0 bridgehead atoms. The number of hydrogen-bond acceptors (Lipinski definition) is 4. The van der Waals surface area contributed by atoms with Crippen LogP contribution < -0.4 is 5.32 Å². The summed E-state index contributed by atoms with van der Waals surface area (Å²) in [4.78, 5) is 48.1. The van der Waals surface area contributed by atoms with Gasteiger partial charge in [0.25, 0.3) is 11.8 Å². The fraction of sp³-hybridized carbons (Fsp3) is 0.286. The highest BCUT2D eigenvalue weighted by Gasteiger charge is 2.46. The van der Waals surface area contributed by atoms with E-state index in [4.69, 9.17) is 0 Å². The largest absolute Gasteiger partial charge is 0.295 e. The quantitative estimate of drug-likeness (QED) is 0.773. The number of hydrogen-bond donors (Lipinski definition) is 1. The minimum Gasteiger partial charge on any atom is -0.295 e. The van der Waals surface area contributed by atoms with Crippen molar-refractivity contribution in [1.29, 1.82) is 0 Å². The summed E-state index contributed by atoms with van der Waals surface area (Å²) >= 11 is 0. The lowest BCUT2D eigenvalue weighted by molar-refractivity contribution is -0.136. The first-order valence-electron chi connectivity index (χ1n) is 6.53. The Balaban J connectivity index is 2.06. The number of carbonyl (C=O) groups excluding carboxylic acids is 4. The third-order valence-electron chi connectivity index (χ3n) is 3.85. The predicted molar refractivity (Wildman–Crippen MR) is 67.8 cm³/mol. The van der Waals surface area contributed by atoms with Gasteiger partial charge in [0, 0.05) is 12.0 Å². The zero-order chi connectivity index (χ0) is 16.2. The molecular formula is C14H10F2N2O4. The van der Waals surface area contributed by atoms with Gasteiger partial charge in [-0.15, -0.1) is 0 Å². The third kappa shape index (κ3) is 1.83. The highest BCUT2D eigenvalue weighted by Crippen LogP contribution is 2.31. The van der Waals surface area contributed by atoms with E-state index in [1.165, 1.54) is 0 Å². The molecule has 1 atom stereocenters. The number of halogens is 2. The molecule has 4 amide bonds. The van der Waals surface area contributed by atoms with Crippen LogP contribution in [0.1, 0.15) is 39.1 Å². The lowest BCUT2D eigenvalue weighted by Gasteiger charge is -2.27. The molecule has 0 aliphatic carbocycles. The smallest absolute Gasteiger partial charge is 0.265 e. The maximum absolute atomic E-state index is 14.1. The Morgan fingerprint density at radius 2 is 1.86 bits per heavy atom. The zero-order valence-electron chi connectivity index (χ0n) is 11.4. The van der Waals surface area contributed by atoms with Crippen LogP contribution in [0.5, 0.6) is 0 Å². The van der Waals surface area contributed by atoms with E-state index in [-0.39, 0.29) is 18.4 Å². The lowest BCUT2D eigenvalue weighted by Crippen LogP contribution is -2.54. The second-order valence-corrected chi connectivity index (χ2v) is 5.17. The molecule has 22 heavy (non-hydrogen) atoms. The standard InChI is InChI=1S/C14H10F2N2O4/c1-5-7(15)4-6-10(11(5)16)14(22)18(13(6)21)8-2-3-9(19)17-12(8)20/h4,8H,2-3H2,1H3,(H,17,19,20)/t8-/m0/s1. The average molecular weight is 308 g/mol. The second kappa shape index (κ2) is 4.69. The minimum absolute atomic E-state index is 0.0420. The van der Waals surface area contributed by atoms with Gasteiger partial charge in [-0.05, 0) is 19.4 Å². The van der Waals surface area contributed by atoms with Crippen molar-refractivity contribution >= 4 is 23.6 Å². The lowest BCUT2D eigenvalue weighted by atomic mass is 10.0. The first-order valence-corrected chi connectivity index (χ1v) is 6.53. The Hall–Kier alpha value is -2.64. The van der Waals surface area contributed by atoms with Gasteiger partial charge >= 0.3 is 0 Å². The van der Waals surface area contributed by atoms with E-state index in [9.17, 15) is 28.0 Å². The van der Waals surface area contributed by atoms with E-state index in [2.05, 4.69) is 0 Å². The summed E-state index contributed by atoms with van der Waals surface area (Å²) in [6.45, 7) is 1.15. The van der Waals surface area contributed by atoms with Crippen LogP contribution in [-0.4, -0.2) is 34.6 Å². The summed E-state index contributed by atoms with van der Waals surface area (Å²) in [7, 11) is 0. The Bertz CT molecular complexity index is 760. The number of benzene rings is 1. The molecule has 114 valence electrons. The van der Waals surface area contributed by atoms with Crippen LogP contribution in [0, 0.1) is 18.6 Å². The molecule has 0 saturated carbocycles. The van der Waals surface area contributed by atoms with Gasteiger partial charge in [-0.3, -0.25) is 29.4 Å². The molecule has 1 aromatic carbocycles. The topological polar surface area (TPSA) is 83.6 Å². The monoisotopic (exact) mass is 308 g/mol. The van der Waals surface area contributed by atoms with Crippen molar-refractivity contribution < 1.29 is 28.0 Å². The molecular weight excluding hydrogens is 298 g/mol. The van der Waals surface area contributed by atoms with Crippen LogP contribution in [0.15, 0.2) is 6.07 Å². The third-order valence-corrected chi connectivity index (χ3v) is 3.85. The van der Waals surface area contributed by atoms with Crippen LogP contribution in [0.4, 0.5) is 8.78 Å². The highest BCUT2D eigenvalue weighted by molar-refractivity contribution is 6.23. The summed E-state index contributed by atoms with van der Waals surface area (Å²) in [5.74, 6) is -5.29. The Labute approximate surface area is 123 Å². The van der Waals surface area contributed by atoms with E-state index in [1.54, 1.807) is 0 Å². The van der Waals surface area contributed by atoms with E-state index in [1.807, 2.05) is 5.32 Å². The van der Waals surface area contributed by atoms with Gasteiger partial charge in [-0.25, -0.2) is 8.78 Å². The first kappa shape index (κ1) is 14.3. The van der Waals surface area contributed by atoms with Crippen LogP contribution >= 0.6 is 0 Å². The average Bonchev–Trinajstić information content (AvgIpc) is 2.69. The fourth-order valence-corrected chi connectivity index (χ4v) is 2.65. The van der Waals surface area contributed by atoms with Crippen LogP contribution in [0.3, 0.4) is 0 Å². The molecule has 0 aromatic heterocycles. The molecule has 0 unspecified atom stereocenters. The summed E-state index contributed by atoms with van der Waals surface area (Å²) in [6.07, 6.45) is -0.0844. The molecule has 2 aliphatic rings. The number of fused-ring (bicyclic) bond motifs is 1. The summed E-state index contributed by atoms with van der Waals surface area (Å²) in [5.41, 5.74) is -1.31. The van der Waals surface area contributed by atoms with Gasteiger partial charge in [0.05, 0.1) is 11.1 Å². The molecule has 6 nitrogen and oxygen atoms in total. The fourth-order valence-electron chi connectivity index (χ4n) is 2.65. The van der Waals surface area contributed by atoms with Crippen molar-refractivity contribution in [1.82, 2.24) is 10.2 Å². The number of rotatable bonds is 1. The number of imide groups is 2. The first-order chi connectivity index (χ1) is 10.3. The molecule has 8 heteroatoms. The molecule has 0 spiro atoms. The van der Waals surface area contributed by atoms with E-state index >= 15 is 0 Å². The molecule has 1 aromatic rings. The molecule has 1 fully saturated rings. The van der Waals surface area contributed by atoms with Crippen molar-refractivity contribution in [2.75, 3.05) is 0 Å². The van der Waals surface area contributed by atoms with Gasteiger partial charge < -0.3 is 0 Å². The molecule has 1 N–H and O–H groups in total. The van der Waals surface area contributed by atoms with Crippen molar-refractivity contribution in [3.8, 4) is 0 Å². The van der Waals surface area contributed by atoms with E-state index in [0.717, 1.165) is 13.0 Å². The van der Waals surface area contributed by atoms with Crippen molar-refractivity contribution in [2.24, 2.45) is 0 Å². The molecule has 2 heterocycles. The van der Waals surface area contributed by atoms with Crippen molar-refractivity contribution in [3.05, 3.63) is 34.4 Å². The van der Waals surface area contributed by atoms with Crippen LogP contribution in [0.2, 0.25) is 0 Å². The van der Waals surface area contributed by atoms with Gasteiger partial charge in [-0.1, -0.05) is 0 Å². The second-order valence-electron chi connectivity index (χ2n) is 5.17. The molecule has 2 aliphatic heterocycles. The number of carbonyl (C=O) groups is 4. The van der Waals surface area contributed by atoms with E-state index in [0.29, 0.717) is 4.90 Å². The summed E-state index contributed by atoms with van der Waals surface area (Å²) in [6, 6.07) is -0.410. The number of nitrogens with zero attached hydrogens (tertiary/aromatic N) is 1. The SMILES string of the molecule is Cc1c(F)cc2c(c1F)C(=O)N([C@H]1CCC(=O)NC1=O)C2=O. The molecule has 0 radical (unpaired) electrons. The Morgan fingerprint density at radius 1 is 1.18 bits per heavy atom. The van der Waals surface area contributed by atoms with Gasteiger partial charge in [0.15, 0.2) is 0 Å². The number of piperidine rings is 1. The maximum atomic E-state index is 14.1. The minimum atomic E-state index is -1.20. The maximum Gasteiger partial charge on any atom is 0.265 e. The van der Waals surface area contributed by atoms with Crippen LogP contribution in [0.25, 0.3) is 0 Å². The predicted octanol–water partition coefficient (Wildman–Crippen LogP) is 0.674. The summed E-state index contributed by atoms with van der Waals surface area (Å²) in [5, 5.41) is 2.02. The van der Waals surface area contributed by atoms with Crippen molar-refractivity contribution in [2.45, 2.75) is 25.8 Å². The molecule has 3 rings (SSSR count). The highest BCUT2D eigenvalue weighted by atomic mass is 19.1.